The first-order valence-corrected chi connectivity index (χ1v) is 6.26. The zero-order chi connectivity index (χ0) is 14.4. The lowest BCUT2D eigenvalue weighted by Gasteiger charge is -1.98. The highest BCUT2D eigenvalue weighted by molar-refractivity contribution is 9.10. The smallest absolute Gasteiger partial charge is 0.419 e. The Hall–Kier alpha value is -2.35. The lowest BCUT2D eigenvalue weighted by atomic mass is 10.1. The molecule has 3 rings (SSSR count). The van der Waals surface area contributed by atoms with E-state index < -0.39 is 11.7 Å². The lowest BCUT2D eigenvalue weighted by molar-refractivity contribution is 0.0685. The Morgan fingerprint density at radius 1 is 1.45 bits per heavy atom. The summed E-state index contributed by atoms with van der Waals surface area (Å²) in [6.45, 7) is 0. The zero-order valence-electron chi connectivity index (χ0n) is 10.1. The van der Waals surface area contributed by atoms with E-state index in [0.29, 0.717) is 16.7 Å². The third kappa shape index (κ3) is 1.76. The molecule has 0 aliphatic heterocycles. The fourth-order valence-corrected chi connectivity index (χ4v) is 2.40. The van der Waals surface area contributed by atoms with Gasteiger partial charge < -0.3 is 14.0 Å². The number of carboxylic acid groups (broad SMARTS) is 1. The summed E-state index contributed by atoms with van der Waals surface area (Å²) in [6, 6.07) is 4.93. The van der Waals surface area contributed by atoms with Gasteiger partial charge in [-0.05, 0) is 34.1 Å². The second kappa shape index (κ2) is 4.34. The number of aromatic carboxylic acids is 1. The van der Waals surface area contributed by atoms with Crippen molar-refractivity contribution < 1.29 is 18.8 Å². The molecule has 1 aromatic carbocycles. The maximum Gasteiger partial charge on any atom is 0.419 e. The molecule has 20 heavy (non-hydrogen) atoms. The van der Waals surface area contributed by atoms with E-state index in [9.17, 15) is 9.59 Å². The van der Waals surface area contributed by atoms with Gasteiger partial charge in [-0.25, -0.2) is 9.59 Å². The van der Waals surface area contributed by atoms with Crippen molar-refractivity contribution in [3.8, 4) is 11.3 Å². The average molecular weight is 339 g/mol. The van der Waals surface area contributed by atoms with Crippen LogP contribution in [0, 0.1) is 0 Å². The zero-order valence-corrected chi connectivity index (χ0v) is 11.7. The van der Waals surface area contributed by atoms with E-state index in [2.05, 4.69) is 21.1 Å². The molecule has 0 saturated carbocycles. The molecule has 0 bridgehead atoms. The number of carbonyl (C=O) groups is 1. The van der Waals surface area contributed by atoms with Crippen LogP contribution in [-0.4, -0.2) is 20.8 Å². The topological polar surface area (TPSA) is 98.5 Å². The molecule has 0 saturated heterocycles. The van der Waals surface area contributed by atoms with Crippen LogP contribution in [0.25, 0.3) is 22.4 Å². The highest BCUT2D eigenvalue weighted by Crippen LogP contribution is 2.32. The molecule has 0 unspecified atom stereocenters. The number of aromatic nitrogens is 2. The molecule has 0 fully saturated rings. The van der Waals surface area contributed by atoms with Crippen molar-refractivity contribution in [2.75, 3.05) is 0 Å². The van der Waals surface area contributed by atoms with Gasteiger partial charge >= 0.3 is 11.7 Å². The molecule has 2 aromatic heterocycles. The molecule has 0 aliphatic rings. The van der Waals surface area contributed by atoms with Gasteiger partial charge in [0, 0.05) is 12.6 Å². The SMILES string of the molecule is Cn1c(=O)oc2ccc(-c3onc(C(=O)O)c3Br)cc21. The van der Waals surface area contributed by atoms with Crippen LogP contribution >= 0.6 is 15.9 Å². The number of carboxylic acids is 1. The van der Waals surface area contributed by atoms with Gasteiger partial charge in [-0.1, -0.05) is 5.16 Å². The fourth-order valence-electron chi connectivity index (χ4n) is 1.86. The van der Waals surface area contributed by atoms with Crippen molar-refractivity contribution in [2.45, 2.75) is 0 Å². The molecule has 8 heteroatoms. The summed E-state index contributed by atoms with van der Waals surface area (Å²) in [4.78, 5) is 22.3. The number of aryl methyl sites for hydroxylation is 1. The van der Waals surface area contributed by atoms with Gasteiger partial charge in [-0.2, -0.15) is 0 Å². The van der Waals surface area contributed by atoms with E-state index in [1.807, 2.05) is 0 Å². The van der Waals surface area contributed by atoms with Crippen LogP contribution in [0.1, 0.15) is 10.5 Å². The molecular formula is C12H7BrN2O5. The number of benzene rings is 1. The van der Waals surface area contributed by atoms with Crippen molar-refractivity contribution in [3.05, 3.63) is 38.9 Å². The molecule has 2 heterocycles. The highest BCUT2D eigenvalue weighted by Gasteiger charge is 2.21. The monoisotopic (exact) mass is 338 g/mol. The number of nitrogens with zero attached hydrogens (tertiary/aromatic N) is 2. The summed E-state index contributed by atoms with van der Waals surface area (Å²) in [6.07, 6.45) is 0. The summed E-state index contributed by atoms with van der Waals surface area (Å²) in [5.41, 5.74) is 1.39. The summed E-state index contributed by atoms with van der Waals surface area (Å²) in [7, 11) is 1.58. The Labute approximate surface area is 119 Å². The largest absolute Gasteiger partial charge is 0.476 e. The quantitative estimate of drug-likeness (QED) is 0.769. The number of halogens is 1. The Balaban J connectivity index is 2.22. The van der Waals surface area contributed by atoms with Crippen molar-refractivity contribution in [3.63, 3.8) is 0 Å². The normalized spacial score (nSPS) is 11.1. The van der Waals surface area contributed by atoms with Gasteiger partial charge in [-0.15, -0.1) is 0 Å². The minimum atomic E-state index is -1.19. The molecular weight excluding hydrogens is 332 g/mol. The van der Waals surface area contributed by atoms with Crippen LogP contribution in [0.15, 0.2) is 36.4 Å². The van der Waals surface area contributed by atoms with Crippen LogP contribution in [-0.2, 0) is 7.05 Å². The Morgan fingerprint density at radius 3 is 2.85 bits per heavy atom. The molecule has 7 nitrogen and oxygen atoms in total. The molecule has 0 radical (unpaired) electrons. The maximum atomic E-state index is 11.4. The predicted octanol–water partition coefficient (Wildman–Crippen LogP) is 2.25. The van der Waals surface area contributed by atoms with Crippen LogP contribution in [0.2, 0.25) is 0 Å². The number of hydrogen-bond donors (Lipinski definition) is 1. The first kappa shape index (κ1) is 12.7. The lowest BCUT2D eigenvalue weighted by Crippen LogP contribution is -2.08. The van der Waals surface area contributed by atoms with E-state index in [-0.39, 0.29) is 15.9 Å². The number of fused-ring (bicyclic) bond motifs is 1. The van der Waals surface area contributed by atoms with Crippen molar-refractivity contribution >= 4 is 33.0 Å². The molecule has 102 valence electrons. The van der Waals surface area contributed by atoms with Crippen molar-refractivity contribution in [1.29, 1.82) is 0 Å². The van der Waals surface area contributed by atoms with Gasteiger partial charge in [-0.3, -0.25) is 4.57 Å². The fraction of sp³-hybridized carbons (Fsp3) is 0.0833. The summed E-state index contributed by atoms with van der Waals surface area (Å²) in [5, 5.41) is 12.4. The van der Waals surface area contributed by atoms with E-state index >= 15 is 0 Å². The highest BCUT2D eigenvalue weighted by atomic mass is 79.9. The standard InChI is InChI=1S/C12H7BrN2O5/c1-15-6-4-5(2-3-7(6)19-12(15)18)10-8(13)9(11(16)17)14-20-10/h2-4H,1H3,(H,16,17). The minimum absolute atomic E-state index is 0.207. The van der Waals surface area contributed by atoms with E-state index in [4.69, 9.17) is 14.0 Å². The van der Waals surface area contributed by atoms with Gasteiger partial charge in [0.1, 0.15) is 4.47 Å². The second-order valence-electron chi connectivity index (χ2n) is 4.09. The minimum Gasteiger partial charge on any atom is -0.476 e. The number of oxazole rings is 1. The van der Waals surface area contributed by atoms with Gasteiger partial charge in [0.15, 0.2) is 11.3 Å². The number of rotatable bonds is 2. The Bertz CT molecular complexity index is 889. The summed E-state index contributed by atoms with van der Waals surface area (Å²) < 4.78 is 11.7. The molecule has 1 N–H and O–H groups in total. The maximum absolute atomic E-state index is 11.4. The summed E-state index contributed by atoms with van der Waals surface area (Å²) in [5.74, 6) is -1.39. The van der Waals surface area contributed by atoms with Crippen LogP contribution < -0.4 is 5.76 Å². The van der Waals surface area contributed by atoms with Gasteiger partial charge in [0.05, 0.1) is 5.52 Å². The molecule has 0 amide bonds. The average Bonchev–Trinajstić information content (AvgIpc) is 2.92. The molecule has 0 aliphatic carbocycles. The van der Waals surface area contributed by atoms with Gasteiger partial charge in [0.25, 0.3) is 0 Å². The first-order chi connectivity index (χ1) is 9.49. The van der Waals surface area contributed by atoms with Crippen molar-refractivity contribution in [2.24, 2.45) is 7.05 Å². The third-order valence-electron chi connectivity index (χ3n) is 2.89. The number of hydrogen-bond acceptors (Lipinski definition) is 5. The van der Waals surface area contributed by atoms with E-state index in [1.165, 1.54) is 4.57 Å². The van der Waals surface area contributed by atoms with Crippen LogP contribution in [0.5, 0.6) is 0 Å². The van der Waals surface area contributed by atoms with E-state index in [1.54, 1.807) is 25.2 Å². The van der Waals surface area contributed by atoms with Gasteiger partial charge in [0.2, 0.25) is 5.69 Å². The van der Waals surface area contributed by atoms with Crippen LogP contribution in [0.3, 0.4) is 0 Å². The molecule has 0 spiro atoms. The predicted molar refractivity (Wildman–Crippen MR) is 71.6 cm³/mol. The van der Waals surface area contributed by atoms with Crippen LogP contribution in [0.4, 0.5) is 0 Å². The third-order valence-corrected chi connectivity index (χ3v) is 3.63. The Kier molecular flexibility index (Phi) is 2.75. The molecule has 3 aromatic rings. The first-order valence-electron chi connectivity index (χ1n) is 5.47. The Morgan fingerprint density at radius 2 is 2.20 bits per heavy atom. The second-order valence-corrected chi connectivity index (χ2v) is 4.88. The van der Waals surface area contributed by atoms with Crippen molar-refractivity contribution in [1.82, 2.24) is 9.72 Å². The molecule has 0 atom stereocenters. The summed E-state index contributed by atoms with van der Waals surface area (Å²) >= 11 is 3.15. The van der Waals surface area contributed by atoms with E-state index in [0.717, 1.165) is 0 Å².